The van der Waals surface area contributed by atoms with Crippen LogP contribution in [0.2, 0.25) is 0 Å². The van der Waals surface area contributed by atoms with Crippen molar-refractivity contribution in [1.82, 2.24) is 0 Å². The van der Waals surface area contributed by atoms with Crippen molar-refractivity contribution in [2.75, 3.05) is 0 Å². The van der Waals surface area contributed by atoms with Crippen LogP contribution in [0.5, 0.6) is 0 Å². The van der Waals surface area contributed by atoms with E-state index in [4.69, 9.17) is 0 Å². The molecule has 0 aliphatic heterocycles. The Morgan fingerprint density at radius 2 is 1.82 bits per heavy atom. The first kappa shape index (κ1) is 8.97. The molecule has 1 saturated carbocycles. The fourth-order valence-corrected chi connectivity index (χ4v) is 1.85. The zero-order valence-corrected chi connectivity index (χ0v) is 6.99. The zero-order valence-electron chi connectivity index (χ0n) is 6.99. The molecular weight excluding hydrogens is 144 g/mol. The van der Waals surface area contributed by atoms with Crippen LogP contribution in [0.3, 0.4) is 0 Å². The van der Waals surface area contributed by atoms with Gasteiger partial charge < -0.3 is 15.3 Å². The maximum Gasteiger partial charge on any atom is 0.0829 e. The zero-order chi connectivity index (χ0) is 8.65. The molecule has 0 bridgehead atoms. The average molecular weight is 160 g/mol. The van der Waals surface area contributed by atoms with Crippen molar-refractivity contribution < 1.29 is 15.3 Å². The van der Waals surface area contributed by atoms with Crippen molar-refractivity contribution in [1.29, 1.82) is 0 Å². The summed E-state index contributed by atoms with van der Waals surface area (Å²) >= 11 is 0. The standard InChI is InChI=1S/C8H16O3/c1-5-3-8(2,11)4-6(9)7(5)10/h5-7,9-11H,3-4H2,1-2H3/t5-,6?,7+,8-/m1/s1. The molecule has 0 aromatic heterocycles. The maximum absolute atomic E-state index is 9.56. The molecule has 3 heteroatoms. The van der Waals surface area contributed by atoms with Crippen molar-refractivity contribution in [2.45, 2.75) is 44.5 Å². The van der Waals surface area contributed by atoms with Gasteiger partial charge in [0, 0.05) is 6.42 Å². The Hall–Kier alpha value is -0.120. The summed E-state index contributed by atoms with van der Waals surface area (Å²) in [6.45, 7) is 3.53. The minimum Gasteiger partial charge on any atom is -0.390 e. The second kappa shape index (κ2) is 2.73. The molecule has 3 nitrogen and oxygen atoms in total. The maximum atomic E-state index is 9.56. The molecule has 0 saturated heterocycles. The van der Waals surface area contributed by atoms with E-state index < -0.39 is 17.8 Å². The predicted molar refractivity (Wildman–Crippen MR) is 41.0 cm³/mol. The molecule has 3 N–H and O–H groups in total. The molecule has 0 aromatic rings. The number of aliphatic hydroxyl groups excluding tert-OH is 2. The first-order chi connectivity index (χ1) is 4.92. The highest BCUT2D eigenvalue weighted by Gasteiger charge is 2.38. The average Bonchev–Trinajstić information content (AvgIpc) is 1.81. The molecule has 0 radical (unpaired) electrons. The van der Waals surface area contributed by atoms with Gasteiger partial charge in [0.25, 0.3) is 0 Å². The van der Waals surface area contributed by atoms with E-state index in [0.717, 1.165) is 0 Å². The van der Waals surface area contributed by atoms with Crippen LogP contribution in [0.25, 0.3) is 0 Å². The molecule has 4 atom stereocenters. The smallest absolute Gasteiger partial charge is 0.0829 e. The van der Waals surface area contributed by atoms with Crippen molar-refractivity contribution in [3.05, 3.63) is 0 Å². The van der Waals surface area contributed by atoms with E-state index >= 15 is 0 Å². The van der Waals surface area contributed by atoms with E-state index in [1.54, 1.807) is 6.92 Å². The van der Waals surface area contributed by atoms with Gasteiger partial charge >= 0.3 is 0 Å². The molecule has 1 aliphatic carbocycles. The second-order valence-corrected chi connectivity index (χ2v) is 3.94. The van der Waals surface area contributed by atoms with Gasteiger partial charge in [-0.15, -0.1) is 0 Å². The SMILES string of the molecule is C[C@@H]1C[C@@](C)(O)CC(O)[C@H]1O. The molecule has 0 spiro atoms. The molecule has 0 heterocycles. The van der Waals surface area contributed by atoms with Crippen LogP contribution in [-0.4, -0.2) is 33.1 Å². The molecule has 0 amide bonds. The number of hydrogen-bond acceptors (Lipinski definition) is 3. The lowest BCUT2D eigenvalue weighted by Gasteiger charge is -2.38. The Balaban J connectivity index is 2.62. The summed E-state index contributed by atoms with van der Waals surface area (Å²) in [7, 11) is 0. The molecule has 0 aromatic carbocycles. The summed E-state index contributed by atoms with van der Waals surface area (Å²) in [6.07, 6.45) is -0.604. The summed E-state index contributed by atoms with van der Waals surface area (Å²) < 4.78 is 0. The Bertz CT molecular complexity index is 130. The topological polar surface area (TPSA) is 60.7 Å². The fourth-order valence-electron chi connectivity index (χ4n) is 1.85. The van der Waals surface area contributed by atoms with Gasteiger partial charge in [0.05, 0.1) is 17.8 Å². The lowest BCUT2D eigenvalue weighted by molar-refractivity contribution is -0.116. The highest BCUT2D eigenvalue weighted by Crippen LogP contribution is 2.32. The normalized spacial score (nSPS) is 52.6. The van der Waals surface area contributed by atoms with Crippen LogP contribution in [0, 0.1) is 5.92 Å². The monoisotopic (exact) mass is 160 g/mol. The minimum atomic E-state index is -0.807. The highest BCUT2D eigenvalue weighted by atomic mass is 16.3. The summed E-state index contributed by atoms with van der Waals surface area (Å²) in [5, 5.41) is 28.2. The highest BCUT2D eigenvalue weighted by molar-refractivity contribution is 4.90. The van der Waals surface area contributed by atoms with E-state index in [-0.39, 0.29) is 12.3 Å². The lowest BCUT2D eigenvalue weighted by Crippen LogP contribution is -2.47. The Morgan fingerprint density at radius 3 is 2.27 bits per heavy atom. The third-order valence-corrected chi connectivity index (χ3v) is 2.39. The predicted octanol–water partition coefficient (Wildman–Crippen LogP) is -0.111. The van der Waals surface area contributed by atoms with E-state index in [9.17, 15) is 15.3 Å². The largest absolute Gasteiger partial charge is 0.390 e. The summed E-state index contributed by atoms with van der Waals surface area (Å²) in [5.74, 6) is -0.0197. The van der Waals surface area contributed by atoms with Gasteiger partial charge in [-0.2, -0.15) is 0 Å². The fraction of sp³-hybridized carbons (Fsp3) is 1.00. The van der Waals surface area contributed by atoms with Gasteiger partial charge in [0.1, 0.15) is 0 Å². The van der Waals surface area contributed by atoms with Crippen LogP contribution >= 0.6 is 0 Å². The van der Waals surface area contributed by atoms with Crippen molar-refractivity contribution in [2.24, 2.45) is 5.92 Å². The second-order valence-electron chi connectivity index (χ2n) is 3.94. The third-order valence-electron chi connectivity index (χ3n) is 2.39. The van der Waals surface area contributed by atoms with E-state index in [1.165, 1.54) is 0 Å². The van der Waals surface area contributed by atoms with Gasteiger partial charge in [-0.25, -0.2) is 0 Å². The number of rotatable bonds is 0. The van der Waals surface area contributed by atoms with E-state index in [0.29, 0.717) is 6.42 Å². The van der Waals surface area contributed by atoms with E-state index in [1.807, 2.05) is 6.92 Å². The van der Waals surface area contributed by atoms with Gasteiger partial charge in [-0.05, 0) is 19.3 Å². The first-order valence-electron chi connectivity index (χ1n) is 4.01. The quantitative estimate of drug-likeness (QED) is 0.463. The third kappa shape index (κ3) is 1.92. The van der Waals surface area contributed by atoms with Crippen LogP contribution in [-0.2, 0) is 0 Å². The van der Waals surface area contributed by atoms with Crippen LogP contribution in [0.1, 0.15) is 26.7 Å². The first-order valence-corrected chi connectivity index (χ1v) is 4.01. The molecule has 1 unspecified atom stereocenters. The number of aliphatic hydroxyl groups is 3. The minimum absolute atomic E-state index is 0.0197. The number of hydrogen-bond donors (Lipinski definition) is 3. The van der Waals surface area contributed by atoms with Crippen LogP contribution < -0.4 is 0 Å². The van der Waals surface area contributed by atoms with Gasteiger partial charge in [0.2, 0.25) is 0 Å². The van der Waals surface area contributed by atoms with E-state index in [2.05, 4.69) is 0 Å². The van der Waals surface area contributed by atoms with Gasteiger partial charge in [0.15, 0.2) is 0 Å². The van der Waals surface area contributed by atoms with Gasteiger partial charge in [-0.1, -0.05) is 6.92 Å². The molecule has 1 rings (SSSR count). The van der Waals surface area contributed by atoms with Crippen LogP contribution in [0.15, 0.2) is 0 Å². The van der Waals surface area contributed by atoms with Crippen LogP contribution in [0.4, 0.5) is 0 Å². The van der Waals surface area contributed by atoms with Crippen molar-refractivity contribution in [3.63, 3.8) is 0 Å². The molecule has 11 heavy (non-hydrogen) atoms. The summed E-state index contributed by atoms with van der Waals surface area (Å²) in [6, 6.07) is 0. The molecule has 1 aliphatic rings. The molecular formula is C8H16O3. The van der Waals surface area contributed by atoms with Crippen molar-refractivity contribution >= 4 is 0 Å². The van der Waals surface area contributed by atoms with Gasteiger partial charge in [-0.3, -0.25) is 0 Å². The Morgan fingerprint density at radius 1 is 1.27 bits per heavy atom. The molecule has 66 valence electrons. The lowest BCUT2D eigenvalue weighted by atomic mass is 9.77. The summed E-state index contributed by atoms with van der Waals surface area (Å²) in [4.78, 5) is 0. The van der Waals surface area contributed by atoms with Crippen molar-refractivity contribution in [3.8, 4) is 0 Å². The summed E-state index contributed by atoms with van der Waals surface area (Å²) in [5.41, 5.74) is -0.807. The Kier molecular flexibility index (Phi) is 2.23. The molecule has 1 fully saturated rings. The Labute approximate surface area is 66.7 Å².